The molecule has 0 aliphatic carbocycles. The predicted octanol–water partition coefficient (Wildman–Crippen LogP) is 1.22. The lowest BCUT2D eigenvalue weighted by molar-refractivity contribution is 0.258. The first-order valence-corrected chi connectivity index (χ1v) is 6.52. The first-order chi connectivity index (χ1) is 9.28. The van der Waals surface area contributed by atoms with Crippen molar-refractivity contribution in [1.29, 1.82) is 0 Å². The number of aliphatic hydroxyl groups is 1. The molecular formula is C12H20N6O. The standard InChI is InChI=1S/C12H20N6O/c1-3-8(4-5-19)6-14-10-9-7-15-18-11(9)17-12(13-2)16-10/h7-8,19H,3-6H2,1-2H3,(H3,13,14,15,16,17,18). The molecule has 2 aromatic heterocycles. The average Bonchev–Trinajstić information content (AvgIpc) is 2.91. The van der Waals surface area contributed by atoms with Gasteiger partial charge in [-0.1, -0.05) is 13.3 Å². The Morgan fingerprint density at radius 1 is 1.42 bits per heavy atom. The number of anilines is 2. The van der Waals surface area contributed by atoms with Gasteiger partial charge in [0.25, 0.3) is 0 Å². The molecule has 19 heavy (non-hydrogen) atoms. The number of rotatable bonds is 7. The number of fused-ring (bicyclic) bond motifs is 1. The molecule has 7 nitrogen and oxygen atoms in total. The maximum Gasteiger partial charge on any atom is 0.226 e. The molecule has 0 radical (unpaired) electrons. The fraction of sp³-hybridized carbons (Fsp3) is 0.583. The third-order valence-electron chi connectivity index (χ3n) is 3.21. The van der Waals surface area contributed by atoms with E-state index in [0.29, 0.717) is 17.5 Å². The highest BCUT2D eigenvalue weighted by atomic mass is 16.3. The van der Waals surface area contributed by atoms with Crippen molar-refractivity contribution in [3.8, 4) is 0 Å². The van der Waals surface area contributed by atoms with Crippen molar-refractivity contribution < 1.29 is 5.11 Å². The van der Waals surface area contributed by atoms with E-state index in [1.54, 1.807) is 13.2 Å². The van der Waals surface area contributed by atoms with Gasteiger partial charge >= 0.3 is 0 Å². The summed E-state index contributed by atoms with van der Waals surface area (Å²) in [6.45, 7) is 3.11. The summed E-state index contributed by atoms with van der Waals surface area (Å²) in [4.78, 5) is 8.68. The predicted molar refractivity (Wildman–Crippen MR) is 75.2 cm³/mol. The van der Waals surface area contributed by atoms with Gasteiger partial charge in [-0.15, -0.1) is 0 Å². The molecule has 1 atom stereocenters. The monoisotopic (exact) mass is 264 g/mol. The molecule has 0 saturated carbocycles. The molecule has 7 heteroatoms. The van der Waals surface area contributed by atoms with Gasteiger partial charge in [0.1, 0.15) is 5.82 Å². The number of hydrogen-bond acceptors (Lipinski definition) is 6. The summed E-state index contributed by atoms with van der Waals surface area (Å²) in [7, 11) is 1.78. The number of hydrogen-bond donors (Lipinski definition) is 4. The Morgan fingerprint density at radius 2 is 2.26 bits per heavy atom. The smallest absolute Gasteiger partial charge is 0.226 e. The average molecular weight is 264 g/mol. The summed E-state index contributed by atoms with van der Waals surface area (Å²) in [6.07, 6.45) is 3.53. The van der Waals surface area contributed by atoms with Crippen molar-refractivity contribution in [3.05, 3.63) is 6.20 Å². The zero-order chi connectivity index (χ0) is 13.7. The molecule has 104 valence electrons. The molecule has 0 spiro atoms. The van der Waals surface area contributed by atoms with Crippen LogP contribution in [0.15, 0.2) is 6.20 Å². The van der Waals surface area contributed by atoms with Crippen molar-refractivity contribution in [3.63, 3.8) is 0 Å². The van der Waals surface area contributed by atoms with Gasteiger partial charge in [-0.25, -0.2) is 0 Å². The summed E-state index contributed by atoms with van der Waals surface area (Å²) < 4.78 is 0. The van der Waals surface area contributed by atoms with Crippen LogP contribution in [-0.4, -0.2) is 45.5 Å². The first kappa shape index (κ1) is 13.5. The third-order valence-corrected chi connectivity index (χ3v) is 3.21. The number of aromatic nitrogens is 4. The molecule has 0 amide bonds. The van der Waals surface area contributed by atoms with Crippen LogP contribution in [0.2, 0.25) is 0 Å². The third kappa shape index (κ3) is 3.11. The summed E-state index contributed by atoms with van der Waals surface area (Å²) in [5.74, 6) is 1.74. The lowest BCUT2D eigenvalue weighted by Crippen LogP contribution is -2.16. The number of aliphatic hydroxyl groups excluding tert-OH is 1. The van der Waals surface area contributed by atoms with Crippen LogP contribution in [0, 0.1) is 5.92 Å². The number of H-pyrrole nitrogens is 1. The summed E-state index contributed by atoms with van der Waals surface area (Å²) >= 11 is 0. The van der Waals surface area contributed by atoms with E-state index in [1.165, 1.54) is 0 Å². The quantitative estimate of drug-likeness (QED) is 0.600. The van der Waals surface area contributed by atoms with Crippen molar-refractivity contribution in [2.24, 2.45) is 5.92 Å². The van der Waals surface area contributed by atoms with Gasteiger partial charge in [-0.2, -0.15) is 15.1 Å². The second kappa shape index (κ2) is 6.33. The largest absolute Gasteiger partial charge is 0.396 e. The van der Waals surface area contributed by atoms with E-state index in [9.17, 15) is 0 Å². The zero-order valence-corrected chi connectivity index (χ0v) is 11.3. The summed E-state index contributed by atoms with van der Waals surface area (Å²) in [6, 6.07) is 0. The second-order valence-corrected chi connectivity index (χ2v) is 4.45. The Morgan fingerprint density at radius 3 is 2.95 bits per heavy atom. The minimum Gasteiger partial charge on any atom is -0.396 e. The highest BCUT2D eigenvalue weighted by Gasteiger charge is 2.11. The fourth-order valence-electron chi connectivity index (χ4n) is 1.96. The molecular weight excluding hydrogens is 244 g/mol. The van der Waals surface area contributed by atoms with Crippen molar-refractivity contribution in [1.82, 2.24) is 20.2 Å². The van der Waals surface area contributed by atoms with E-state index in [-0.39, 0.29) is 6.61 Å². The minimum atomic E-state index is 0.215. The van der Waals surface area contributed by atoms with Gasteiger partial charge in [0, 0.05) is 20.2 Å². The number of nitrogens with zero attached hydrogens (tertiary/aromatic N) is 3. The Kier molecular flexibility index (Phi) is 4.51. The van der Waals surface area contributed by atoms with Gasteiger partial charge in [0.15, 0.2) is 5.65 Å². The summed E-state index contributed by atoms with van der Waals surface area (Å²) in [5.41, 5.74) is 0.706. The zero-order valence-electron chi connectivity index (χ0n) is 11.3. The Balaban J connectivity index is 2.16. The molecule has 0 aromatic carbocycles. The number of aromatic amines is 1. The Bertz CT molecular complexity index is 526. The molecule has 2 rings (SSSR count). The van der Waals surface area contributed by atoms with Gasteiger partial charge in [0.05, 0.1) is 11.6 Å². The molecule has 4 N–H and O–H groups in total. The van der Waals surface area contributed by atoms with Gasteiger partial charge < -0.3 is 15.7 Å². The SMILES string of the molecule is CCC(CCO)CNc1nc(NC)nc2[nH]ncc12. The van der Waals surface area contributed by atoms with E-state index in [1.807, 2.05) is 0 Å². The van der Waals surface area contributed by atoms with Crippen LogP contribution in [0.25, 0.3) is 11.0 Å². The van der Waals surface area contributed by atoms with E-state index in [2.05, 4.69) is 37.7 Å². The lowest BCUT2D eigenvalue weighted by atomic mass is 10.0. The van der Waals surface area contributed by atoms with Crippen molar-refractivity contribution in [2.45, 2.75) is 19.8 Å². The molecule has 2 aromatic rings. The highest BCUT2D eigenvalue weighted by molar-refractivity contribution is 5.86. The fourth-order valence-corrected chi connectivity index (χ4v) is 1.96. The highest BCUT2D eigenvalue weighted by Crippen LogP contribution is 2.20. The molecule has 1 unspecified atom stereocenters. The van der Waals surface area contributed by atoms with Crippen LogP contribution < -0.4 is 10.6 Å². The van der Waals surface area contributed by atoms with E-state index < -0.39 is 0 Å². The Labute approximate surface area is 111 Å². The maximum absolute atomic E-state index is 9.01. The molecule has 0 aliphatic heterocycles. The van der Waals surface area contributed by atoms with Crippen LogP contribution in [0.4, 0.5) is 11.8 Å². The molecule has 0 aliphatic rings. The van der Waals surface area contributed by atoms with Gasteiger partial charge in [-0.3, -0.25) is 5.10 Å². The van der Waals surface area contributed by atoms with E-state index in [4.69, 9.17) is 5.11 Å². The molecule has 2 heterocycles. The normalized spacial score (nSPS) is 12.6. The topological polar surface area (TPSA) is 98.7 Å². The second-order valence-electron chi connectivity index (χ2n) is 4.45. The minimum absolute atomic E-state index is 0.215. The van der Waals surface area contributed by atoms with Crippen LogP contribution >= 0.6 is 0 Å². The lowest BCUT2D eigenvalue weighted by Gasteiger charge is -2.15. The van der Waals surface area contributed by atoms with Gasteiger partial charge in [0.2, 0.25) is 5.95 Å². The van der Waals surface area contributed by atoms with Crippen LogP contribution in [0.3, 0.4) is 0 Å². The van der Waals surface area contributed by atoms with Crippen molar-refractivity contribution >= 4 is 22.8 Å². The van der Waals surface area contributed by atoms with Crippen molar-refractivity contribution in [2.75, 3.05) is 30.8 Å². The maximum atomic E-state index is 9.01. The Hall–Kier alpha value is -1.89. The van der Waals surface area contributed by atoms with Crippen LogP contribution in [0.5, 0.6) is 0 Å². The summed E-state index contributed by atoms with van der Waals surface area (Å²) in [5, 5.41) is 23.0. The molecule has 0 fully saturated rings. The number of nitrogens with one attached hydrogen (secondary N) is 3. The van der Waals surface area contributed by atoms with Crippen LogP contribution in [0.1, 0.15) is 19.8 Å². The van der Waals surface area contributed by atoms with Crippen LogP contribution in [-0.2, 0) is 0 Å². The molecule has 0 saturated heterocycles. The van der Waals surface area contributed by atoms with E-state index >= 15 is 0 Å². The van der Waals surface area contributed by atoms with Gasteiger partial charge in [-0.05, 0) is 12.3 Å². The first-order valence-electron chi connectivity index (χ1n) is 6.52. The van der Waals surface area contributed by atoms with E-state index in [0.717, 1.165) is 30.6 Å². The molecule has 0 bridgehead atoms.